The minimum absolute atomic E-state index is 0.182. The van der Waals surface area contributed by atoms with Crippen molar-refractivity contribution in [1.82, 2.24) is 10.1 Å². The summed E-state index contributed by atoms with van der Waals surface area (Å²) >= 11 is 3.16. The third-order valence-electron chi connectivity index (χ3n) is 2.55. The number of halogens is 1. The molecule has 0 saturated heterocycles. The average molecular weight is 246 g/mol. The molecule has 13 heavy (non-hydrogen) atoms. The van der Waals surface area contributed by atoms with Gasteiger partial charge >= 0.3 is 0 Å². The van der Waals surface area contributed by atoms with E-state index < -0.39 is 0 Å². The normalized spacial score (nSPS) is 29.1. The maximum atomic E-state index is 5.98. The third-order valence-corrected chi connectivity index (χ3v) is 2.88. The third kappa shape index (κ3) is 1.91. The van der Waals surface area contributed by atoms with Gasteiger partial charge in [0.15, 0.2) is 0 Å². The first-order chi connectivity index (χ1) is 6.27. The Kier molecular flexibility index (Phi) is 2.64. The lowest BCUT2D eigenvalue weighted by Crippen LogP contribution is -2.31. The largest absolute Gasteiger partial charge is 0.338 e. The smallest absolute Gasteiger partial charge is 0.238 e. The standard InChI is InChI=1S/C8H12BrN3O/c9-8-11-7(13-12-8)5-3-1-2-4-6(5)10/h5-6H,1-4,10H2. The Bertz CT molecular complexity index is 289. The van der Waals surface area contributed by atoms with Crippen molar-refractivity contribution in [3.05, 3.63) is 10.6 Å². The van der Waals surface area contributed by atoms with Crippen molar-refractivity contribution in [2.45, 2.75) is 37.6 Å². The molecule has 2 N–H and O–H groups in total. The quantitative estimate of drug-likeness (QED) is 0.820. The molecule has 1 aromatic heterocycles. The second kappa shape index (κ2) is 3.75. The van der Waals surface area contributed by atoms with Crippen LogP contribution >= 0.6 is 15.9 Å². The molecule has 2 atom stereocenters. The highest BCUT2D eigenvalue weighted by molar-refractivity contribution is 9.10. The van der Waals surface area contributed by atoms with Gasteiger partial charge in [0, 0.05) is 6.04 Å². The fourth-order valence-corrected chi connectivity index (χ4v) is 2.08. The summed E-state index contributed by atoms with van der Waals surface area (Å²) < 4.78 is 5.60. The van der Waals surface area contributed by atoms with Gasteiger partial charge in [0.05, 0.1) is 5.92 Å². The SMILES string of the molecule is NC1CCCCC1c1nc(Br)no1. The lowest BCUT2D eigenvalue weighted by atomic mass is 9.85. The van der Waals surface area contributed by atoms with Gasteiger partial charge in [0.25, 0.3) is 0 Å². The molecule has 2 rings (SSSR count). The van der Waals surface area contributed by atoms with Crippen molar-refractivity contribution >= 4 is 15.9 Å². The minimum atomic E-state index is 0.182. The number of nitrogens with zero attached hydrogens (tertiary/aromatic N) is 2. The monoisotopic (exact) mass is 245 g/mol. The van der Waals surface area contributed by atoms with Crippen LogP contribution in [0.1, 0.15) is 37.5 Å². The highest BCUT2D eigenvalue weighted by Crippen LogP contribution is 2.31. The molecule has 0 amide bonds. The molecule has 4 nitrogen and oxygen atoms in total. The van der Waals surface area contributed by atoms with Gasteiger partial charge in [-0.1, -0.05) is 12.8 Å². The van der Waals surface area contributed by atoms with Crippen LogP contribution in [0.3, 0.4) is 0 Å². The lowest BCUT2D eigenvalue weighted by molar-refractivity contribution is 0.289. The number of hydrogen-bond acceptors (Lipinski definition) is 4. The van der Waals surface area contributed by atoms with E-state index in [0.717, 1.165) is 12.8 Å². The molecule has 0 bridgehead atoms. The van der Waals surface area contributed by atoms with Gasteiger partial charge in [-0.25, -0.2) is 0 Å². The van der Waals surface area contributed by atoms with Crippen LogP contribution in [0.5, 0.6) is 0 Å². The summed E-state index contributed by atoms with van der Waals surface area (Å²) in [4.78, 5) is 4.14. The first-order valence-electron chi connectivity index (χ1n) is 4.52. The summed E-state index contributed by atoms with van der Waals surface area (Å²) in [5, 5.41) is 3.70. The van der Waals surface area contributed by atoms with E-state index in [-0.39, 0.29) is 12.0 Å². The molecular formula is C8H12BrN3O. The van der Waals surface area contributed by atoms with Gasteiger partial charge in [-0.15, -0.1) is 0 Å². The van der Waals surface area contributed by atoms with E-state index in [2.05, 4.69) is 26.1 Å². The molecule has 1 aliphatic rings. The van der Waals surface area contributed by atoms with E-state index in [9.17, 15) is 0 Å². The van der Waals surface area contributed by atoms with Crippen LogP contribution < -0.4 is 5.73 Å². The maximum Gasteiger partial charge on any atom is 0.238 e. The van der Waals surface area contributed by atoms with E-state index in [1.54, 1.807) is 0 Å². The number of aromatic nitrogens is 2. The predicted octanol–water partition coefficient (Wildman–Crippen LogP) is 1.82. The van der Waals surface area contributed by atoms with Crippen molar-refractivity contribution in [2.24, 2.45) is 5.73 Å². The number of nitrogens with two attached hydrogens (primary N) is 1. The number of hydrogen-bond donors (Lipinski definition) is 1. The Balaban J connectivity index is 2.14. The molecule has 0 radical (unpaired) electrons. The topological polar surface area (TPSA) is 64.9 Å². The summed E-state index contributed by atoms with van der Waals surface area (Å²) in [6.07, 6.45) is 4.55. The molecule has 0 aliphatic heterocycles. The molecule has 1 aliphatic carbocycles. The van der Waals surface area contributed by atoms with Crippen molar-refractivity contribution in [2.75, 3.05) is 0 Å². The maximum absolute atomic E-state index is 5.98. The summed E-state index contributed by atoms with van der Waals surface area (Å²) in [5.74, 6) is 0.937. The fraction of sp³-hybridized carbons (Fsp3) is 0.750. The van der Waals surface area contributed by atoms with Gasteiger partial charge in [0.1, 0.15) is 0 Å². The molecule has 1 fully saturated rings. The summed E-state index contributed by atoms with van der Waals surface area (Å²) in [6.45, 7) is 0. The Morgan fingerprint density at radius 1 is 1.38 bits per heavy atom. The summed E-state index contributed by atoms with van der Waals surface area (Å²) in [5.41, 5.74) is 5.98. The summed E-state index contributed by atoms with van der Waals surface area (Å²) in [7, 11) is 0. The van der Waals surface area contributed by atoms with Crippen LogP contribution in [0, 0.1) is 0 Å². The van der Waals surface area contributed by atoms with E-state index in [4.69, 9.17) is 10.3 Å². The molecule has 2 unspecified atom stereocenters. The zero-order chi connectivity index (χ0) is 9.26. The van der Waals surface area contributed by atoms with Crippen LogP contribution in [0.25, 0.3) is 0 Å². The zero-order valence-electron chi connectivity index (χ0n) is 7.24. The molecule has 1 aromatic rings. The predicted molar refractivity (Wildman–Crippen MR) is 51.2 cm³/mol. The molecule has 0 spiro atoms. The Morgan fingerprint density at radius 2 is 2.15 bits per heavy atom. The van der Waals surface area contributed by atoms with Crippen molar-refractivity contribution < 1.29 is 4.52 Å². The summed E-state index contributed by atoms with van der Waals surface area (Å²) in [6, 6.07) is 0.182. The van der Waals surface area contributed by atoms with Gasteiger partial charge in [-0.3, -0.25) is 0 Å². The van der Waals surface area contributed by atoms with Crippen LogP contribution in [0.2, 0.25) is 0 Å². The van der Waals surface area contributed by atoms with Gasteiger partial charge in [-0.2, -0.15) is 4.98 Å². The first kappa shape index (κ1) is 9.15. The average Bonchev–Trinajstić information content (AvgIpc) is 2.53. The van der Waals surface area contributed by atoms with E-state index >= 15 is 0 Å². The second-order valence-electron chi connectivity index (χ2n) is 3.46. The van der Waals surface area contributed by atoms with Crippen LogP contribution in [0.15, 0.2) is 9.26 Å². The van der Waals surface area contributed by atoms with E-state index in [0.29, 0.717) is 10.6 Å². The fourth-order valence-electron chi connectivity index (χ4n) is 1.83. The lowest BCUT2D eigenvalue weighted by Gasteiger charge is -2.25. The van der Waals surface area contributed by atoms with Crippen LogP contribution in [-0.2, 0) is 0 Å². The van der Waals surface area contributed by atoms with Crippen molar-refractivity contribution in [1.29, 1.82) is 0 Å². The zero-order valence-corrected chi connectivity index (χ0v) is 8.83. The van der Waals surface area contributed by atoms with Gasteiger partial charge in [-0.05, 0) is 33.9 Å². The molecule has 1 saturated carbocycles. The molecule has 1 heterocycles. The molecular weight excluding hydrogens is 234 g/mol. The Hall–Kier alpha value is -0.420. The van der Waals surface area contributed by atoms with Gasteiger partial charge in [0.2, 0.25) is 10.6 Å². The van der Waals surface area contributed by atoms with Crippen LogP contribution in [-0.4, -0.2) is 16.2 Å². The second-order valence-corrected chi connectivity index (χ2v) is 4.17. The minimum Gasteiger partial charge on any atom is -0.338 e. The highest BCUT2D eigenvalue weighted by atomic mass is 79.9. The van der Waals surface area contributed by atoms with E-state index in [1.807, 2.05) is 0 Å². The highest BCUT2D eigenvalue weighted by Gasteiger charge is 2.27. The molecule has 72 valence electrons. The first-order valence-corrected chi connectivity index (χ1v) is 5.31. The van der Waals surface area contributed by atoms with Crippen LogP contribution in [0.4, 0.5) is 0 Å². The Labute approximate surface area is 85.0 Å². The molecule has 5 heteroatoms. The Morgan fingerprint density at radius 3 is 2.77 bits per heavy atom. The number of rotatable bonds is 1. The van der Waals surface area contributed by atoms with Crippen molar-refractivity contribution in [3.63, 3.8) is 0 Å². The van der Waals surface area contributed by atoms with Crippen molar-refractivity contribution in [3.8, 4) is 0 Å². The van der Waals surface area contributed by atoms with E-state index in [1.165, 1.54) is 12.8 Å². The molecule has 0 aromatic carbocycles. The van der Waals surface area contributed by atoms with Gasteiger partial charge < -0.3 is 10.3 Å².